The van der Waals surface area contributed by atoms with Crippen LogP contribution in [-0.2, 0) is 22.6 Å². The molecule has 1 heterocycles. The summed E-state index contributed by atoms with van der Waals surface area (Å²) in [4.78, 5) is 25.1. The summed E-state index contributed by atoms with van der Waals surface area (Å²) in [6.07, 6.45) is 0.598. The van der Waals surface area contributed by atoms with Gasteiger partial charge in [0.15, 0.2) is 0 Å². The van der Waals surface area contributed by atoms with Crippen LogP contribution in [0.2, 0.25) is 0 Å². The van der Waals surface area contributed by atoms with Crippen molar-refractivity contribution < 1.29 is 14.7 Å². The van der Waals surface area contributed by atoms with Gasteiger partial charge in [-0.05, 0) is 38.3 Å². The Hall–Kier alpha value is -1.88. The SMILES string of the molecule is CC(C)(C)N(CC(=O)O)C(=O)[C@@H]1Cc2ccccc2CN1. The third kappa shape index (κ3) is 3.61. The number of nitrogens with zero attached hydrogens (tertiary/aromatic N) is 1. The maximum Gasteiger partial charge on any atom is 0.323 e. The van der Waals surface area contributed by atoms with Crippen molar-refractivity contribution in [2.24, 2.45) is 0 Å². The molecule has 0 saturated heterocycles. The van der Waals surface area contributed by atoms with E-state index in [9.17, 15) is 9.59 Å². The van der Waals surface area contributed by atoms with E-state index in [-0.39, 0.29) is 18.5 Å². The summed E-state index contributed by atoms with van der Waals surface area (Å²) in [6, 6.07) is 7.65. The molecule has 114 valence electrons. The molecule has 2 rings (SSSR count). The highest BCUT2D eigenvalue weighted by atomic mass is 16.4. The van der Waals surface area contributed by atoms with Crippen LogP contribution in [0.3, 0.4) is 0 Å². The Balaban J connectivity index is 2.17. The van der Waals surface area contributed by atoms with Gasteiger partial charge in [-0.3, -0.25) is 9.59 Å². The maximum absolute atomic E-state index is 12.7. The molecule has 0 aromatic heterocycles. The molecule has 0 aliphatic carbocycles. The number of carbonyl (C=O) groups is 2. The van der Waals surface area contributed by atoms with Gasteiger partial charge < -0.3 is 15.3 Å². The van der Waals surface area contributed by atoms with Crippen molar-refractivity contribution in [2.75, 3.05) is 6.54 Å². The van der Waals surface area contributed by atoms with Crippen LogP contribution in [0.4, 0.5) is 0 Å². The molecule has 1 aromatic rings. The zero-order valence-electron chi connectivity index (χ0n) is 12.7. The van der Waals surface area contributed by atoms with Crippen molar-refractivity contribution in [3.63, 3.8) is 0 Å². The van der Waals surface area contributed by atoms with Gasteiger partial charge in [0.2, 0.25) is 5.91 Å². The van der Waals surface area contributed by atoms with Crippen molar-refractivity contribution in [3.8, 4) is 0 Å². The summed E-state index contributed by atoms with van der Waals surface area (Å²) in [5.74, 6) is -1.14. The Morgan fingerprint density at radius 3 is 2.48 bits per heavy atom. The predicted molar refractivity (Wildman–Crippen MR) is 79.9 cm³/mol. The summed E-state index contributed by atoms with van der Waals surface area (Å²) in [7, 11) is 0. The fourth-order valence-corrected chi connectivity index (χ4v) is 2.60. The van der Waals surface area contributed by atoms with Crippen LogP contribution in [0, 0.1) is 0 Å². The van der Waals surface area contributed by atoms with Gasteiger partial charge in [-0.25, -0.2) is 0 Å². The lowest BCUT2D eigenvalue weighted by molar-refractivity contribution is -0.149. The lowest BCUT2D eigenvalue weighted by Crippen LogP contribution is -2.56. The van der Waals surface area contributed by atoms with E-state index in [4.69, 9.17) is 5.11 Å². The molecule has 1 aromatic carbocycles. The van der Waals surface area contributed by atoms with Gasteiger partial charge in [-0.1, -0.05) is 24.3 Å². The average molecular weight is 290 g/mol. The number of benzene rings is 1. The van der Waals surface area contributed by atoms with Gasteiger partial charge in [0, 0.05) is 12.1 Å². The summed E-state index contributed by atoms with van der Waals surface area (Å²) in [6.45, 7) is 5.92. The van der Waals surface area contributed by atoms with Crippen LogP contribution in [0.15, 0.2) is 24.3 Å². The molecule has 0 spiro atoms. The molecule has 0 bridgehead atoms. The topological polar surface area (TPSA) is 69.6 Å². The van der Waals surface area contributed by atoms with Crippen molar-refractivity contribution in [3.05, 3.63) is 35.4 Å². The molecule has 5 nitrogen and oxygen atoms in total. The fraction of sp³-hybridized carbons (Fsp3) is 0.500. The lowest BCUT2D eigenvalue weighted by Gasteiger charge is -2.38. The first kappa shape index (κ1) is 15.5. The fourth-order valence-electron chi connectivity index (χ4n) is 2.60. The Kier molecular flexibility index (Phi) is 4.32. The quantitative estimate of drug-likeness (QED) is 0.883. The first-order chi connectivity index (χ1) is 9.79. The number of amides is 1. The summed E-state index contributed by atoms with van der Waals surface area (Å²) < 4.78 is 0. The van der Waals surface area contributed by atoms with Gasteiger partial charge in [0.1, 0.15) is 6.54 Å². The lowest BCUT2D eigenvalue weighted by atomic mass is 9.94. The van der Waals surface area contributed by atoms with E-state index in [1.54, 1.807) is 0 Å². The molecule has 1 atom stereocenters. The summed E-state index contributed by atoms with van der Waals surface area (Å²) >= 11 is 0. The van der Waals surface area contributed by atoms with Crippen LogP contribution in [-0.4, -0.2) is 40.0 Å². The standard InChI is InChI=1S/C16H22N2O3/c1-16(2,3)18(10-14(19)20)15(21)13-8-11-6-4-5-7-12(11)9-17-13/h4-7,13,17H,8-10H2,1-3H3,(H,19,20)/t13-/m0/s1. The summed E-state index contributed by atoms with van der Waals surface area (Å²) in [5, 5.41) is 12.3. The zero-order chi connectivity index (χ0) is 15.6. The van der Waals surface area contributed by atoms with Gasteiger partial charge in [-0.15, -0.1) is 0 Å². The number of hydrogen-bond acceptors (Lipinski definition) is 3. The van der Waals surface area contributed by atoms with Crippen LogP contribution >= 0.6 is 0 Å². The molecule has 1 aliphatic heterocycles. The second kappa shape index (κ2) is 5.85. The highest BCUT2D eigenvalue weighted by Gasteiger charge is 2.34. The van der Waals surface area contributed by atoms with E-state index < -0.39 is 11.5 Å². The third-order valence-electron chi connectivity index (χ3n) is 3.75. The van der Waals surface area contributed by atoms with Crippen molar-refractivity contribution >= 4 is 11.9 Å². The molecule has 0 fully saturated rings. The Labute approximate surface area is 125 Å². The minimum Gasteiger partial charge on any atom is -0.480 e. The average Bonchev–Trinajstić information content (AvgIpc) is 2.42. The predicted octanol–water partition coefficient (Wildman–Crippen LogP) is 1.41. The number of nitrogens with one attached hydrogen (secondary N) is 1. The summed E-state index contributed by atoms with van der Waals surface area (Å²) in [5.41, 5.74) is 1.83. The van der Waals surface area contributed by atoms with E-state index >= 15 is 0 Å². The van der Waals surface area contributed by atoms with Crippen LogP contribution in [0.5, 0.6) is 0 Å². The molecule has 0 saturated carbocycles. The van der Waals surface area contributed by atoms with E-state index in [0.717, 1.165) is 5.56 Å². The maximum atomic E-state index is 12.7. The molecule has 0 unspecified atom stereocenters. The smallest absolute Gasteiger partial charge is 0.323 e. The third-order valence-corrected chi connectivity index (χ3v) is 3.75. The number of rotatable bonds is 3. The highest BCUT2D eigenvalue weighted by molar-refractivity contribution is 5.86. The largest absolute Gasteiger partial charge is 0.480 e. The molecule has 21 heavy (non-hydrogen) atoms. The molecule has 1 aliphatic rings. The molecular weight excluding hydrogens is 268 g/mol. The van der Waals surface area contributed by atoms with Crippen LogP contribution in [0.1, 0.15) is 31.9 Å². The van der Waals surface area contributed by atoms with Crippen molar-refractivity contribution in [1.29, 1.82) is 0 Å². The number of fused-ring (bicyclic) bond motifs is 1. The van der Waals surface area contributed by atoms with Gasteiger partial charge in [-0.2, -0.15) is 0 Å². The highest BCUT2D eigenvalue weighted by Crippen LogP contribution is 2.20. The first-order valence-electron chi connectivity index (χ1n) is 7.12. The van der Waals surface area contributed by atoms with Gasteiger partial charge in [0.05, 0.1) is 6.04 Å². The van der Waals surface area contributed by atoms with Crippen molar-refractivity contribution in [2.45, 2.75) is 45.3 Å². The number of aliphatic carboxylic acids is 1. The Morgan fingerprint density at radius 1 is 1.29 bits per heavy atom. The molecule has 2 N–H and O–H groups in total. The minimum absolute atomic E-state index is 0.153. The Morgan fingerprint density at radius 2 is 1.90 bits per heavy atom. The minimum atomic E-state index is -0.991. The van der Waals surface area contributed by atoms with Crippen LogP contribution in [0.25, 0.3) is 0 Å². The van der Waals surface area contributed by atoms with E-state index in [1.807, 2.05) is 45.0 Å². The Bertz CT molecular complexity index is 549. The monoisotopic (exact) mass is 290 g/mol. The second-order valence-corrected chi connectivity index (χ2v) is 6.40. The zero-order valence-corrected chi connectivity index (χ0v) is 12.7. The van der Waals surface area contributed by atoms with Gasteiger partial charge >= 0.3 is 5.97 Å². The second-order valence-electron chi connectivity index (χ2n) is 6.40. The molecule has 1 amide bonds. The number of carboxylic acid groups (broad SMARTS) is 1. The van der Waals surface area contributed by atoms with E-state index in [2.05, 4.69) is 5.32 Å². The van der Waals surface area contributed by atoms with Crippen LogP contribution < -0.4 is 5.32 Å². The number of carboxylic acids is 1. The normalized spacial score (nSPS) is 18.0. The van der Waals surface area contributed by atoms with E-state index in [1.165, 1.54) is 10.5 Å². The number of hydrogen-bond donors (Lipinski definition) is 2. The van der Waals surface area contributed by atoms with Gasteiger partial charge in [0.25, 0.3) is 0 Å². The molecular formula is C16H22N2O3. The van der Waals surface area contributed by atoms with Crippen molar-refractivity contribution in [1.82, 2.24) is 10.2 Å². The molecule has 0 radical (unpaired) electrons. The first-order valence-corrected chi connectivity index (χ1v) is 7.12. The van der Waals surface area contributed by atoms with E-state index in [0.29, 0.717) is 13.0 Å². The molecule has 5 heteroatoms. The number of carbonyl (C=O) groups excluding carboxylic acids is 1.